The smallest absolute Gasteiger partial charge is 0.231 e. The Hall–Kier alpha value is -1.66. The molecule has 1 aliphatic rings. The van der Waals surface area contributed by atoms with Crippen molar-refractivity contribution in [3.05, 3.63) is 18.2 Å². The van der Waals surface area contributed by atoms with Crippen LogP contribution in [0.15, 0.2) is 18.2 Å². The minimum absolute atomic E-state index is 0.143. The first kappa shape index (κ1) is 18.1. The molecule has 1 heterocycles. The number of amides is 1. The van der Waals surface area contributed by atoms with Crippen molar-refractivity contribution >= 4 is 32.6 Å². The van der Waals surface area contributed by atoms with Crippen LogP contribution in [0.1, 0.15) is 32.1 Å². The minimum Gasteiger partial charge on any atom is -0.494 e. The number of benzene rings is 1. The summed E-state index contributed by atoms with van der Waals surface area (Å²) in [4.78, 5) is 22.0. The monoisotopic (exact) mass is 361 g/mol. The molecule has 0 N–H and O–H groups in total. The summed E-state index contributed by atoms with van der Waals surface area (Å²) in [5.74, 6) is 1.14. The molecule has 136 valence electrons. The van der Waals surface area contributed by atoms with Crippen LogP contribution in [0, 0.1) is 5.92 Å². The van der Waals surface area contributed by atoms with Crippen molar-refractivity contribution in [2.45, 2.75) is 32.1 Å². The lowest BCUT2D eigenvalue weighted by Gasteiger charge is -2.28. The van der Waals surface area contributed by atoms with E-state index in [1.54, 1.807) is 18.4 Å². The van der Waals surface area contributed by atoms with Gasteiger partial charge in [-0.1, -0.05) is 36.7 Å². The van der Waals surface area contributed by atoms with Crippen LogP contribution in [0.3, 0.4) is 0 Å². The highest BCUT2D eigenvalue weighted by atomic mass is 32.1. The van der Waals surface area contributed by atoms with Gasteiger partial charge in [-0.25, -0.2) is 4.98 Å². The maximum absolute atomic E-state index is 13.2. The zero-order valence-corrected chi connectivity index (χ0v) is 16.1. The van der Waals surface area contributed by atoms with Crippen LogP contribution in [-0.4, -0.2) is 50.1 Å². The number of thiazole rings is 1. The fourth-order valence-corrected chi connectivity index (χ4v) is 4.38. The number of rotatable bonds is 6. The summed E-state index contributed by atoms with van der Waals surface area (Å²) in [6.07, 6.45) is 5.58. The van der Waals surface area contributed by atoms with Crippen molar-refractivity contribution in [2.75, 3.05) is 39.2 Å². The SMILES string of the molecule is COc1cccc2sc(N(CCN(C)C)C(=O)C3CCCCC3)nc12. The third-order valence-electron chi connectivity index (χ3n) is 4.81. The molecule has 5 nitrogen and oxygen atoms in total. The van der Waals surface area contributed by atoms with E-state index < -0.39 is 0 Å². The first-order valence-electron chi connectivity index (χ1n) is 9.00. The molecule has 6 heteroatoms. The third-order valence-corrected chi connectivity index (χ3v) is 5.86. The maximum atomic E-state index is 13.2. The van der Waals surface area contributed by atoms with Gasteiger partial charge in [0.25, 0.3) is 0 Å². The van der Waals surface area contributed by atoms with Crippen LogP contribution >= 0.6 is 11.3 Å². The molecule has 0 aliphatic heterocycles. The van der Waals surface area contributed by atoms with Crippen molar-refractivity contribution in [1.29, 1.82) is 0 Å². The molecule has 1 amide bonds. The molecule has 2 aromatic rings. The summed E-state index contributed by atoms with van der Waals surface area (Å²) in [6, 6.07) is 5.92. The number of para-hydroxylation sites is 1. The van der Waals surface area contributed by atoms with Crippen molar-refractivity contribution in [3.8, 4) is 5.75 Å². The number of anilines is 1. The van der Waals surface area contributed by atoms with Gasteiger partial charge in [-0.05, 0) is 39.1 Å². The minimum atomic E-state index is 0.143. The van der Waals surface area contributed by atoms with Crippen LogP contribution in [0.2, 0.25) is 0 Å². The second-order valence-corrected chi connectivity index (χ2v) is 7.94. The lowest BCUT2D eigenvalue weighted by atomic mass is 9.88. The lowest BCUT2D eigenvalue weighted by Crippen LogP contribution is -2.41. The number of ether oxygens (including phenoxy) is 1. The molecule has 3 rings (SSSR count). The first-order valence-corrected chi connectivity index (χ1v) is 9.81. The summed E-state index contributed by atoms with van der Waals surface area (Å²) < 4.78 is 6.48. The van der Waals surface area contributed by atoms with Crippen molar-refractivity contribution < 1.29 is 9.53 Å². The Morgan fingerprint density at radius 3 is 2.68 bits per heavy atom. The van der Waals surface area contributed by atoms with Gasteiger partial charge in [-0.15, -0.1) is 0 Å². The van der Waals surface area contributed by atoms with E-state index in [1.165, 1.54) is 6.42 Å². The highest BCUT2D eigenvalue weighted by Gasteiger charge is 2.29. The van der Waals surface area contributed by atoms with E-state index in [2.05, 4.69) is 4.90 Å². The van der Waals surface area contributed by atoms with Gasteiger partial charge >= 0.3 is 0 Å². The maximum Gasteiger partial charge on any atom is 0.231 e. The van der Waals surface area contributed by atoms with Gasteiger partial charge in [0.1, 0.15) is 11.3 Å². The zero-order valence-electron chi connectivity index (χ0n) is 15.3. The van der Waals surface area contributed by atoms with Gasteiger partial charge in [0.2, 0.25) is 5.91 Å². The Kier molecular flexibility index (Phi) is 5.91. The molecule has 1 aromatic heterocycles. The van der Waals surface area contributed by atoms with E-state index >= 15 is 0 Å². The normalized spacial score (nSPS) is 15.7. The van der Waals surface area contributed by atoms with Crippen molar-refractivity contribution in [3.63, 3.8) is 0 Å². The number of hydrogen-bond acceptors (Lipinski definition) is 5. The molecule has 1 fully saturated rings. The van der Waals surface area contributed by atoms with Crippen LogP contribution in [-0.2, 0) is 4.79 Å². The van der Waals surface area contributed by atoms with Crippen molar-refractivity contribution in [2.24, 2.45) is 5.92 Å². The summed E-state index contributed by atoms with van der Waals surface area (Å²) in [6.45, 7) is 1.50. The van der Waals surface area contributed by atoms with E-state index in [4.69, 9.17) is 9.72 Å². The van der Waals surface area contributed by atoms with Gasteiger partial charge < -0.3 is 9.64 Å². The van der Waals surface area contributed by atoms with E-state index in [9.17, 15) is 4.79 Å². The summed E-state index contributed by atoms with van der Waals surface area (Å²) in [5, 5.41) is 0.789. The number of carbonyl (C=O) groups excluding carboxylic acids is 1. The van der Waals surface area contributed by atoms with Gasteiger partial charge in [0, 0.05) is 19.0 Å². The molecule has 25 heavy (non-hydrogen) atoms. The van der Waals surface area contributed by atoms with E-state index in [0.717, 1.165) is 53.3 Å². The number of methoxy groups -OCH3 is 1. The van der Waals surface area contributed by atoms with Crippen LogP contribution in [0.25, 0.3) is 10.2 Å². The molecule has 1 aromatic carbocycles. The molecule has 1 saturated carbocycles. The Bertz CT molecular complexity index is 723. The predicted molar refractivity (Wildman–Crippen MR) is 104 cm³/mol. The third kappa shape index (κ3) is 4.12. The van der Waals surface area contributed by atoms with Crippen molar-refractivity contribution in [1.82, 2.24) is 9.88 Å². The van der Waals surface area contributed by atoms with E-state index in [0.29, 0.717) is 6.54 Å². The summed E-state index contributed by atoms with van der Waals surface area (Å²) in [5.41, 5.74) is 0.844. The molecule has 0 radical (unpaired) electrons. The largest absolute Gasteiger partial charge is 0.494 e. The zero-order chi connectivity index (χ0) is 17.8. The summed E-state index contributed by atoms with van der Waals surface area (Å²) in [7, 11) is 5.72. The second-order valence-electron chi connectivity index (χ2n) is 6.93. The molecule has 1 aliphatic carbocycles. The topological polar surface area (TPSA) is 45.7 Å². The molecule has 0 bridgehead atoms. The standard InChI is InChI=1S/C19H27N3O2S/c1-21(2)12-13-22(18(23)14-8-5-4-6-9-14)19-20-17-15(24-3)10-7-11-16(17)25-19/h7,10-11,14H,4-6,8-9,12-13H2,1-3H3. The molecule has 0 atom stereocenters. The Balaban J connectivity index is 1.91. The number of likely N-dealkylation sites (N-methyl/N-ethyl adjacent to an activating group) is 1. The average molecular weight is 362 g/mol. The van der Waals surface area contributed by atoms with Crippen LogP contribution in [0.5, 0.6) is 5.75 Å². The van der Waals surface area contributed by atoms with Gasteiger partial charge in [0.05, 0.1) is 11.8 Å². The highest BCUT2D eigenvalue weighted by Crippen LogP contribution is 2.35. The number of nitrogens with zero attached hydrogens (tertiary/aromatic N) is 3. The Morgan fingerprint density at radius 1 is 1.24 bits per heavy atom. The highest BCUT2D eigenvalue weighted by molar-refractivity contribution is 7.22. The van der Waals surface area contributed by atoms with E-state index in [1.807, 2.05) is 37.2 Å². The van der Waals surface area contributed by atoms with Gasteiger partial charge in [-0.3, -0.25) is 9.69 Å². The van der Waals surface area contributed by atoms with E-state index in [-0.39, 0.29) is 11.8 Å². The summed E-state index contributed by atoms with van der Waals surface area (Å²) >= 11 is 1.57. The van der Waals surface area contributed by atoms with Gasteiger partial charge in [0.15, 0.2) is 5.13 Å². The number of carbonyl (C=O) groups is 1. The second kappa shape index (κ2) is 8.15. The fraction of sp³-hybridized carbons (Fsp3) is 0.579. The quantitative estimate of drug-likeness (QED) is 0.785. The average Bonchev–Trinajstić information content (AvgIpc) is 3.06. The van der Waals surface area contributed by atoms with Crippen LogP contribution in [0.4, 0.5) is 5.13 Å². The number of aromatic nitrogens is 1. The van der Waals surface area contributed by atoms with Crippen LogP contribution < -0.4 is 9.64 Å². The molecular weight excluding hydrogens is 334 g/mol. The molecule has 0 saturated heterocycles. The number of hydrogen-bond donors (Lipinski definition) is 0. The predicted octanol–water partition coefficient (Wildman–Crippen LogP) is 3.78. The number of fused-ring (bicyclic) bond motifs is 1. The lowest BCUT2D eigenvalue weighted by molar-refractivity contribution is -0.123. The molecular formula is C19H27N3O2S. The molecule has 0 spiro atoms. The van der Waals surface area contributed by atoms with Gasteiger partial charge in [-0.2, -0.15) is 0 Å². The fourth-order valence-electron chi connectivity index (χ4n) is 3.36. The molecule has 0 unspecified atom stereocenters. The first-order chi connectivity index (χ1) is 12.1. The Morgan fingerprint density at radius 2 is 2.00 bits per heavy atom. The Labute approximate surface area is 153 Å².